The molecule has 0 fully saturated rings. The lowest BCUT2D eigenvalue weighted by molar-refractivity contribution is -0.130. The number of rotatable bonds is 3. The lowest BCUT2D eigenvalue weighted by Gasteiger charge is -2.07. The summed E-state index contributed by atoms with van der Waals surface area (Å²) in [6, 6.07) is 5.78. The van der Waals surface area contributed by atoms with Crippen LogP contribution in [0.5, 0.6) is 5.75 Å². The molecular formula is C13H14O3. The van der Waals surface area contributed by atoms with Gasteiger partial charge < -0.3 is 9.84 Å². The first kappa shape index (κ1) is 12.1. The van der Waals surface area contributed by atoms with Crippen LogP contribution in [-0.4, -0.2) is 18.2 Å². The summed E-state index contributed by atoms with van der Waals surface area (Å²) in [5.41, 5.74) is 2.11. The van der Waals surface area contributed by atoms with Crippen LogP contribution >= 0.6 is 0 Å². The molecule has 0 saturated carbocycles. The molecule has 0 atom stereocenters. The van der Waals surface area contributed by atoms with Crippen molar-refractivity contribution in [2.24, 2.45) is 0 Å². The summed E-state index contributed by atoms with van der Waals surface area (Å²) < 4.78 is 5.20. The maximum absolute atomic E-state index is 10.2. The number of aryl methyl sites for hydroxylation is 1. The van der Waals surface area contributed by atoms with Crippen LogP contribution in [0.15, 0.2) is 18.2 Å². The minimum absolute atomic E-state index is 0.448. The Bertz CT molecular complexity index is 438. The van der Waals surface area contributed by atoms with Crippen molar-refractivity contribution in [3.63, 3.8) is 0 Å². The SMILES string of the molecule is CCc1cc(CC#CC(=O)O)ccc1OC. The van der Waals surface area contributed by atoms with Crippen LogP contribution in [0.25, 0.3) is 0 Å². The van der Waals surface area contributed by atoms with Crippen molar-refractivity contribution in [2.75, 3.05) is 7.11 Å². The highest BCUT2D eigenvalue weighted by molar-refractivity contribution is 5.86. The predicted octanol–water partition coefficient (Wildman–Crippen LogP) is 1.89. The normalized spacial score (nSPS) is 9.12. The Balaban J connectivity index is 2.84. The van der Waals surface area contributed by atoms with Crippen molar-refractivity contribution in [3.8, 4) is 17.6 Å². The Hall–Kier alpha value is -1.95. The Morgan fingerprint density at radius 3 is 2.81 bits per heavy atom. The smallest absolute Gasteiger partial charge is 0.381 e. The van der Waals surface area contributed by atoms with Gasteiger partial charge in [-0.2, -0.15) is 0 Å². The average Bonchev–Trinajstić information content (AvgIpc) is 2.28. The summed E-state index contributed by atoms with van der Waals surface area (Å²) in [7, 11) is 1.64. The van der Waals surface area contributed by atoms with E-state index in [4.69, 9.17) is 9.84 Å². The highest BCUT2D eigenvalue weighted by Gasteiger charge is 2.01. The van der Waals surface area contributed by atoms with Gasteiger partial charge in [-0.1, -0.05) is 25.0 Å². The zero-order valence-corrected chi connectivity index (χ0v) is 9.41. The maximum Gasteiger partial charge on any atom is 0.381 e. The van der Waals surface area contributed by atoms with Gasteiger partial charge in [0, 0.05) is 12.3 Å². The van der Waals surface area contributed by atoms with Gasteiger partial charge in [0.2, 0.25) is 0 Å². The molecule has 0 heterocycles. The van der Waals surface area contributed by atoms with E-state index in [-0.39, 0.29) is 0 Å². The molecule has 0 aromatic heterocycles. The summed E-state index contributed by atoms with van der Waals surface area (Å²) in [4.78, 5) is 10.2. The molecule has 0 saturated heterocycles. The summed E-state index contributed by atoms with van der Waals surface area (Å²) in [5.74, 6) is 4.46. The first-order chi connectivity index (χ1) is 7.67. The van der Waals surface area contributed by atoms with Crippen molar-refractivity contribution >= 4 is 5.97 Å². The summed E-state index contributed by atoms with van der Waals surface area (Å²) in [5, 5.41) is 8.38. The van der Waals surface area contributed by atoms with Crippen molar-refractivity contribution in [2.45, 2.75) is 19.8 Å². The lowest BCUT2D eigenvalue weighted by Crippen LogP contribution is -1.93. The van der Waals surface area contributed by atoms with Crippen LogP contribution in [0.4, 0.5) is 0 Å². The summed E-state index contributed by atoms with van der Waals surface area (Å²) >= 11 is 0. The zero-order valence-electron chi connectivity index (χ0n) is 9.41. The van der Waals surface area contributed by atoms with Gasteiger partial charge in [-0.05, 0) is 23.6 Å². The number of benzene rings is 1. The van der Waals surface area contributed by atoms with Crippen molar-refractivity contribution < 1.29 is 14.6 Å². The van der Waals surface area contributed by atoms with Crippen LogP contribution in [-0.2, 0) is 17.6 Å². The van der Waals surface area contributed by atoms with E-state index < -0.39 is 5.97 Å². The highest BCUT2D eigenvalue weighted by Crippen LogP contribution is 2.20. The van der Waals surface area contributed by atoms with Gasteiger partial charge >= 0.3 is 5.97 Å². The van der Waals surface area contributed by atoms with Gasteiger partial charge in [-0.3, -0.25) is 0 Å². The molecule has 3 heteroatoms. The molecule has 0 aliphatic carbocycles. The van der Waals surface area contributed by atoms with E-state index in [1.807, 2.05) is 25.1 Å². The highest BCUT2D eigenvalue weighted by atomic mass is 16.5. The van der Waals surface area contributed by atoms with Crippen molar-refractivity contribution in [1.29, 1.82) is 0 Å². The third-order valence-electron chi connectivity index (χ3n) is 2.21. The molecule has 0 spiro atoms. The van der Waals surface area contributed by atoms with E-state index >= 15 is 0 Å². The van der Waals surface area contributed by atoms with Gasteiger partial charge in [0.25, 0.3) is 0 Å². The second-order valence-electron chi connectivity index (χ2n) is 3.28. The molecule has 0 aliphatic rings. The monoisotopic (exact) mass is 218 g/mol. The topological polar surface area (TPSA) is 46.5 Å². The number of carboxylic acid groups (broad SMARTS) is 1. The molecule has 1 rings (SSSR count). The molecule has 0 aliphatic heterocycles. The fourth-order valence-electron chi connectivity index (χ4n) is 1.44. The van der Waals surface area contributed by atoms with Crippen LogP contribution < -0.4 is 4.74 Å². The second kappa shape index (κ2) is 5.82. The minimum atomic E-state index is -1.09. The van der Waals surface area contributed by atoms with Crippen LogP contribution in [0, 0.1) is 11.8 Å². The molecule has 1 N–H and O–H groups in total. The van der Waals surface area contributed by atoms with Gasteiger partial charge in [0.1, 0.15) is 5.75 Å². The lowest BCUT2D eigenvalue weighted by atomic mass is 10.1. The molecule has 3 nitrogen and oxygen atoms in total. The Labute approximate surface area is 95.1 Å². The molecule has 0 bridgehead atoms. The van der Waals surface area contributed by atoms with E-state index in [9.17, 15) is 4.79 Å². The van der Waals surface area contributed by atoms with Crippen molar-refractivity contribution in [3.05, 3.63) is 29.3 Å². The average molecular weight is 218 g/mol. The number of aliphatic carboxylic acids is 1. The molecule has 16 heavy (non-hydrogen) atoms. The number of carbonyl (C=O) groups is 1. The third kappa shape index (κ3) is 3.32. The van der Waals surface area contributed by atoms with Gasteiger partial charge in [0.05, 0.1) is 7.11 Å². The van der Waals surface area contributed by atoms with Crippen LogP contribution in [0.2, 0.25) is 0 Å². The summed E-state index contributed by atoms with van der Waals surface area (Å²) in [6.45, 7) is 2.05. The van der Waals surface area contributed by atoms with E-state index in [1.165, 1.54) is 0 Å². The second-order valence-corrected chi connectivity index (χ2v) is 3.28. The largest absolute Gasteiger partial charge is 0.496 e. The number of carboxylic acids is 1. The zero-order chi connectivity index (χ0) is 12.0. The standard InChI is InChI=1S/C13H14O3/c1-3-11-9-10(5-4-6-13(14)15)7-8-12(11)16-2/h7-9H,3,5H2,1-2H3,(H,14,15). The number of methoxy groups -OCH3 is 1. The minimum Gasteiger partial charge on any atom is -0.496 e. The first-order valence-corrected chi connectivity index (χ1v) is 5.05. The van der Waals surface area contributed by atoms with Crippen molar-refractivity contribution in [1.82, 2.24) is 0 Å². The number of hydrogen-bond donors (Lipinski definition) is 1. The summed E-state index contributed by atoms with van der Waals surface area (Å²) in [6.07, 6.45) is 1.33. The molecule has 0 amide bonds. The first-order valence-electron chi connectivity index (χ1n) is 5.05. The number of ether oxygens (including phenoxy) is 1. The van der Waals surface area contributed by atoms with E-state index in [0.29, 0.717) is 6.42 Å². The molecule has 0 unspecified atom stereocenters. The van der Waals surface area contributed by atoms with E-state index in [0.717, 1.165) is 23.3 Å². The molecule has 0 radical (unpaired) electrons. The fraction of sp³-hybridized carbons (Fsp3) is 0.308. The van der Waals surface area contributed by atoms with Gasteiger partial charge in [0.15, 0.2) is 0 Å². The third-order valence-corrected chi connectivity index (χ3v) is 2.21. The molecular weight excluding hydrogens is 204 g/mol. The fourth-order valence-corrected chi connectivity index (χ4v) is 1.44. The Kier molecular flexibility index (Phi) is 4.41. The quantitative estimate of drug-likeness (QED) is 0.788. The molecule has 1 aromatic carbocycles. The maximum atomic E-state index is 10.2. The Morgan fingerprint density at radius 2 is 2.25 bits per heavy atom. The van der Waals surface area contributed by atoms with E-state index in [2.05, 4.69) is 11.8 Å². The van der Waals surface area contributed by atoms with Gasteiger partial charge in [-0.15, -0.1) is 0 Å². The van der Waals surface area contributed by atoms with Gasteiger partial charge in [-0.25, -0.2) is 4.79 Å². The number of hydrogen-bond acceptors (Lipinski definition) is 2. The van der Waals surface area contributed by atoms with E-state index in [1.54, 1.807) is 7.11 Å². The van der Waals surface area contributed by atoms with Crippen LogP contribution in [0.1, 0.15) is 18.1 Å². The van der Waals surface area contributed by atoms with Crippen LogP contribution in [0.3, 0.4) is 0 Å². The predicted molar refractivity (Wildman–Crippen MR) is 61.5 cm³/mol. The molecule has 1 aromatic rings. The Morgan fingerprint density at radius 1 is 1.50 bits per heavy atom. The molecule has 84 valence electrons.